The van der Waals surface area contributed by atoms with Gasteiger partial charge in [0.25, 0.3) is 0 Å². The second-order valence-electron chi connectivity index (χ2n) is 6.13. The van der Waals surface area contributed by atoms with Crippen LogP contribution >= 0.6 is 27.5 Å². The summed E-state index contributed by atoms with van der Waals surface area (Å²) in [6.07, 6.45) is -0.627. The van der Waals surface area contributed by atoms with E-state index in [4.69, 9.17) is 16.3 Å². The fraction of sp³-hybridized carbons (Fsp3) is 0.222. The second kappa shape index (κ2) is 7.36. The molecule has 2 rings (SSSR count). The van der Waals surface area contributed by atoms with Crippen LogP contribution < -0.4 is 5.32 Å². The Hall–Kier alpha value is -1.85. The summed E-state index contributed by atoms with van der Waals surface area (Å²) in [5.74, 6) is -0.284. The smallest absolute Gasteiger partial charge is 0.412 e. The van der Waals surface area contributed by atoms with E-state index in [1.54, 1.807) is 63.2 Å². The van der Waals surface area contributed by atoms with Crippen molar-refractivity contribution in [3.63, 3.8) is 0 Å². The van der Waals surface area contributed by atoms with Crippen molar-refractivity contribution < 1.29 is 14.3 Å². The molecule has 24 heavy (non-hydrogen) atoms. The zero-order chi connectivity index (χ0) is 17.9. The van der Waals surface area contributed by atoms with Gasteiger partial charge in [-0.05, 0) is 51.1 Å². The second-order valence-corrected chi connectivity index (χ2v) is 7.45. The van der Waals surface area contributed by atoms with Crippen molar-refractivity contribution in [3.8, 4) is 0 Å². The number of benzene rings is 2. The maximum atomic E-state index is 12.8. The Morgan fingerprint density at radius 3 is 2.38 bits per heavy atom. The third kappa shape index (κ3) is 4.82. The van der Waals surface area contributed by atoms with Crippen LogP contribution in [0.2, 0.25) is 5.02 Å². The molecule has 0 bridgehead atoms. The minimum atomic E-state index is -0.633. The van der Waals surface area contributed by atoms with Crippen molar-refractivity contribution in [2.45, 2.75) is 26.4 Å². The zero-order valence-electron chi connectivity index (χ0n) is 13.5. The third-order valence-electron chi connectivity index (χ3n) is 2.98. The average Bonchev–Trinajstić information content (AvgIpc) is 2.47. The quantitative estimate of drug-likeness (QED) is 0.662. The van der Waals surface area contributed by atoms with Crippen molar-refractivity contribution in [1.29, 1.82) is 0 Å². The predicted molar refractivity (Wildman–Crippen MR) is 98.9 cm³/mol. The Morgan fingerprint density at radius 1 is 1.08 bits per heavy atom. The molecule has 0 aliphatic rings. The van der Waals surface area contributed by atoms with E-state index in [0.29, 0.717) is 26.3 Å². The highest BCUT2D eigenvalue weighted by Gasteiger charge is 2.21. The molecular formula is C18H17BrClNO3. The number of hydrogen-bond donors (Lipinski definition) is 1. The first-order valence-electron chi connectivity index (χ1n) is 7.26. The van der Waals surface area contributed by atoms with E-state index in [1.807, 2.05) is 0 Å². The largest absolute Gasteiger partial charge is 0.444 e. The maximum Gasteiger partial charge on any atom is 0.412 e. The summed E-state index contributed by atoms with van der Waals surface area (Å²) < 4.78 is 5.95. The van der Waals surface area contributed by atoms with Gasteiger partial charge in [-0.25, -0.2) is 4.79 Å². The fourth-order valence-corrected chi connectivity index (χ4v) is 2.60. The number of nitrogens with one attached hydrogen (secondary N) is 1. The van der Waals surface area contributed by atoms with Crippen molar-refractivity contribution in [2.24, 2.45) is 0 Å². The van der Waals surface area contributed by atoms with Crippen molar-refractivity contribution in [3.05, 3.63) is 63.1 Å². The van der Waals surface area contributed by atoms with Crippen LogP contribution in [0.5, 0.6) is 0 Å². The summed E-state index contributed by atoms with van der Waals surface area (Å²) in [5, 5.41) is 2.97. The number of amides is 1. The Kier molecular flexibility index (Phi) is 5.67. The van der Waals surface area contributed by atoms with Gasteiger partial charge in [-0.3, -0.25) is 10.1 Å². The van der Waals surface area contributed by atoms with Gasteiger partial charge in [0, 0.05) is 15.6 Å². The van der Waals surface area contributed by atoms with Crippen molar-refractivity contribution in [1.82, 2.24) is 0 Å². The van der Waals surface area contributed by atoms with Gasteiger partial charge >= 0.3 is 6.09 Å². The van der Waals surface area contributed by atoms with E-state index < -0.39 is 11.7 Å². The molecule has 0 aliphatic heterocycles. The normalized spacial score (nSPS) is 11.0. The molecule has 0 saturated carbocycles. The Labute approximate surface area is 154 Å². The lowest BCUT2D eigenvalue weighted by Gasteiger charge is -2.20. The Morgan fingerprint density at radius 2 is 1.75 bits per heavy atom. The number of rotatable bonds is 3. The van der Waals surface area contributed by atoms with Gasteiger partial charge in [0.1, 0.15) is 5.60 Å². The van der Waals surface area contributed by atoms with Crippen LogP contribution in [0.25, 0.3) is 0 Å². The highest BCUT2D eigenvalue weighted by molar-refractivity contribution is 9.10. The predicted octanol–water partition coefficient (Wildman–Crippen LogP) is 5.68. The molecule has 2 aromatic rings. The standard InChI is InChI=1S/C18H17BrClNO3/c1-18(2,3)24-17(23)21-15-9-8-11(19)10-13(15)16(22)12-6-4-5-7-14(12)20/h4-10H,1-3H3,(H,21,23). The lowest BCUT2D eigenvalue weighted by Crippen LogP contribution is -2.27. The number of hydrogen-bond acceptors (Lipinski definition) is 3. The van der Waals surface area contributed by atoms with Crippen LogP contribution in [-0.4, -0.2) is 17.5 Å². The van der Waals surface area contributed by atoms with Crippen LogP contribution in [0, 0.1) is 0 Å². The number of carbonyl (C=O) groups is 2. The molecule has 0 radical (unpaired) electrons. The SMILES string of the molecule is CC(C)(C)OC(=O)Nc1ccc(Br)cc1C(=O)c1ccccc1Cl. The maximum absolute atomic E-state index is 12.8. The molecule has 126 valence electrons. The number of anilines is 1. The minimum absolute atomic E-state index is 0.284. The number of carbonyl (C=O) groups excluding carboxylic acids is 2. The molecule has 0 heterocycles. The average molecular weight is 411 g/mol. The van der Waals surface area contributed by atoms with Crippen LogP contribution in [0.4, 0.5) is 10.5 Å². The minimum Gasteiger partial charge on any atom is -0.444 e. The third-order valence-corrected chi connectivity index (χ3v) is 3.80. The molecule has 0 saturated heterocycles. The van der Waals surface area contributed by atoms with Crippen LogP contribution in [0.3, 0.4) is 0 Å². The molecule has 0 spiro atoms. The molecule has 0 unspecified atom stereocenters. The molecule has 0 fully saturated rings. The van der Waals surface area contributed by atoms with E-state index in [1.165, 1.54) is 0 Å². The molecule has 4 nitrogen and oxygen atoms in total. The highest BCUT2D eigenvalue weighted by Crippen LogP contribution is 2.27. The molecule has 6 heteroatoms. The molecule has 0 aromatic heterocycles. The van der Waals surface area contributed by atoms with Gasteiger partial charge in [0.05, 0.1) is 10.7 Å². The van der Waals surface area contributed by atoms with Crippen LogP contribution in [0.15, 0.2) is 46.9 Å². The summed E-state index contributed by atoms with van der Waals surface area (Å²) in [6.45, 7) is 5.30. The van der Waals surface area contributed by atoms with Crippen LogP contribution in [-0.2, 0) is 4.74 Å². The van der Waals surface area contributed by atoms with E-state index in [-0.39, 0.29) is 5.78 Å². The van der Waals surface area contributed by atoms with E-state index >= 15 is 0 Å². The van der Waals surface area contributed by atoms with Crippen LogP contribution in [0.1, 0.15) is 36.7 Å². The van der Waals surface area contributed by atoms with Gasteiger partial charge in [0.2, 0.25) is 0 Å². The first kappa shape index (κ1) is 18.5. The summed E-state index contributed by atoms with van der Waals surface area (Å²) in [6, 6.07) is 11.8. The zero-order valence-corrected chi connectivity index (χ0v) is 15.9. The molecular weight excluding hydrogens is 394 g/mol. The lowest BCUT2D eigenvalue weighted by molar-refractivity contribution is 0.0636. The van der Waals surface area contributed by atoms with E-state index in [2.05, 4.69) is 21.2 Å². The number of ether oxygens (including phenoxy) is 1. The van der Waals surface area contributed by atoms with E-state index in [9.17, 15) is 9.59 Å². The summed E-state index contributed by atoms with van der Waals surface area (Å²) in [7, 11) is 0. The first-order chi connectivity index (χ1) is 11.2. The van der Waals surface area contributed by atoms with Crippen molar-refractivity contribution >= 4 is 45.1 Å². The molecule has 1 N–H and O–H groups in total. The lowest BCUT2D eigenvalue weighted by atomic mass is 10.0. The van der Waals surface area contributed by atoms with Gasteiger partial charge < -0.3 is 4.74 Å². The topological polar surface area (TPSA) is 55.4 Å². The molecule has 2 aromatic carbocycles. The monoisotopic (exact) mass is 409 g/mol. The number of halogens is 2. The Bertz CT molecular complexity index is 784. The van der Waals surface area contributed by atoms with Crippen molar-refractivity contribution in [2.75, 3.05) is 5.32 Å². The highest BCUT2D eigenvalue weighted by atomic mass is 79.9. The molecule has 0 atom stereocenters. The molecule has 0 aliphatic carbocycles. The Balaban J connectivity index is 2.36. The fourth-order valence-electron chi connectivity index (χ4n) is 2.02. The van der Waals surface area contributed by atoms with Gasteiger partial charge in [-0.15, -0.1) is 0 Å². The first-order valence-corrected chi connectivity index (χ1v) is 8.43. The van der Waals surface area contributed by atoms with E-state index in [0.717, 1.165) is 0 Å². The summed E-state index contributed by atoms with van der Waals surface area (Å²) in [5.41, 5.74) is 0.414. The number of ketones is 1. The van der Waals surface area contributed by atoms with Gasteiger partial charge in [0.15, 0.2) is 5.78 Å². The molecule has 1 amide bonds. The van der Waals surface area contributed by atoms with Gasteiger partial charge in [-0.1, -0.05) is 39.7 Å². The summed E-state index contributed by atoms with van der Waals surface area (Å²) in [4.78, 5) is 24.8. The summed E-state index contributed by atoms with van der Waals surface area (Å²) >= 11 is 9.45. The van der Waals surface area contributed by atoms with Gasteiger partial charge in [-0.2, -0.15) is 0 Å².